The van der Waals surface area contributed by atoms with Crippen molar-refractivity contribution in [3.8, 4) is 5.88 Å². The molecule has 0 spiro atoms. The monoisotopic (exact) mass is 224 g/mol. The lowest BCUT2D eigenvalue weighted by atomic mass is 10.1. The van der Waals surface area contributed by atoms with Crippen LogP contribution in [0.25, 0.3) is 0 Å². The quantitative estimate of drug-likeness (QED) is 0.791. The van der Waals surface area contributed by atoms with Gasteiger partial charge in [-0.05, 0) is 27.7 Å². The van der Waals surface area contributed by atoms with Crippen molar-refractivity contribution in [3.63, 3.8) is 0 Å². The molecule has 5 heteroatoms. The molecule has 0 unspecified atom stereocenters. The lowest BCUT2D eigenvalue weighted by Gasteiger charge is -2.19. The van der Waals surface area contributed by atoms with Gasteiger partial charge in [-0.25, -0.2) is 9.97 Å². The molecule has 0 aliphatic rings. The van der Waals surface area contributed by atoms with Gasteiger partial charge in [-0.3, -0.25) is 0 Å². The van der Waals surface area contributed by atoms with Gasteiger partial charge in [0.1, 0.15) is 12.1 Å². The summed E-state index contributed by atoms with van der Waals surface area (Å²) in [4.78, 5) is 8.11. The largest absolute Gasteiger partial charge is 0.475 e. The summed E-state index contributed by atoms with van der Waals surface area (Å²) in [5.41, 5.74) is 5.59. The van der Waals surface area contributed by atoms with Gasteiger partial charge in [-0.1, -0.05) is 0 Å². The Morgan fingerprint density at radius 3 is 2.69 bits per heavy atom. The molecule has 1 aromatic rings. The van der Waals surface area contributed by atoms with E-state index in [-0.39, 0.29) is 11.6 Å². The number of hydrogen-bond donors (Lipinski definition) is 2. The predicted molar refractivity (Wildman–Crippen MR) is 64.6 cm³/mol. The summed E-state index contributed by atoms with van der Waals surface area (Å²) in [5.74, 6) is 1.30. The fraction of sp³-hybridized carbons (Fsp3) is 0.636. The Balaban J connectivity index is 2.60. The molecule has 1 rings (SSSR count). The highest BCUT2D eigenvalue weighted by Crippen LogP contribution is 2.13. The van der Waals surface area contributed by atoms with Crippen molar-refractivity contribution in [2.45, 2.75) is 39.3 Å². The van der Waals surface area contributed by atoms with E-state index in [9.17, 15) is 0 Å². The Morgan fingerprint density at radius 2 is 2.12 bits per heavy atom. The molecule has 0 atom stereocenters. The third-order valence-corrected chi connectivity index (χ3v) is 1.72. The van der Waals surface area contributed by atoms with E-state index >= 15 is 0 Å². The summed E-state index contributed by atoms with van der Waals surface area (Å²) in [7, 11) is 0. The fourth-order valence-electron chi connectivity index (χ4n) is 1.06. The molecule has 3 N–H and O–H groups in total. The van der Waals surface area contributed by atoms with Crippen molar-refractivity contribution in [3.05, 3.63) is 12.4 Å². The van der Waals surface area contributed by atoms with Gasteiger partial charge in [0, 0.05) is 18.2 Å². The molecular weight excluding hydrogens is 204 g/mol. The van der Waals surface area contributed by atoms with E-state index in [0.29, 0.717) is 12.4 Å². The fourth-order valence-corrected chi connectivity index (χ4v) is 1.06. The zero-order valence-corrected chi connectivity index (χ0v) is 10.3. The van der Waals surface area contributed by atoms with Crippen LogP contribution in [-0.4, -0.2) is 28.2 Å². The minimum atomic E-state index is -0.274. The molecule has 0 saturated carbocycles. The molecule has 1 aromatic heterocycles. The highest BCUT2D eigenvalue weighted by molar-refractivity contribution is 5.37. The zero-order chi connectivity index (χ0) is 12.2. The molecule has 0 aliphatic heterocycles. The molecule has 16 heavy (non-hydrogen) atoms. The second-order valence-corrected chi connectivity index (χ2v) is 4.75. The second kappa shape index (κ2) is 5.12. The maximum atomic E-state index is 5.86. The van der Waals surface area contributed by atoms with Crippen molar-refractivity contribution in [1.29, 1.82) is 0 Å². The van der Waals surface area contributed by atoms with Crippen molar-refractivity contribution in [2.75, 3.05) is 11.9 Å². The maximum absolute atomic E-state index is 5.86. The smallest absolute Gasteiger partial charge is 0.218 e. The lowest BCUT2D eigenvalue weighted by Crippen LogP contribution is -2.39. The predicted octanol–water partition coefficient (Wildman–Crippen LogP) is 1.41. The topological polar surface area (TPSA) is 73.1 Å². The summed E-state index contributed by atoms with van der Waals surface area (Å²) in [6, 6.07) is 1.77. The number of nitrogens with one attached hydrogen (secondary N) is 1. The molecular formula is C11H20N4O. The first-order valence-electron chi connectivity index (χ1n) is 5.38. The minimum Gasteiger partial charge on any atom is -0.475 e. The Labute approximate surface area is 96.4 Å². The van der Waals surface area contributed by atoms with Crippen molar-refractivity contribution in [2.24, 2.45) is 5.73 Å². The molecule has 5 nitrogen and oxygen atoms in total. The second-order valence-electron chi connectivity index (χ2n) is 4.75. The Kier molecular flexibility index (Phi) is 4.06. The van der Waals surface area contributed by atoms with Gasteiger partial charge in [0.2, 0.25) is 5.88 Å². The van der Waals surface area contributed by atoms with E-state index in [1.807, 2.05) is 27.7 Å². The third kappa shape index (κ3) is 4.93. The summed E-state index contributed by atoms with van der Waals surface area (Å²) in [6.07, 6.45) is 1.58. The Morgan fingerprint density at radius 1 is 1.44 bits per heavy atom. The van der Waals surface area contributed by atoms with Crippen LogP contribution in [0.4, 0.5) is 5.82 Å². The van der Waals surface area contributed by atoms with Crippen molar-refractivity contribution >= 4 is 5.82 Å². The summed E-state index contributed by atoms with van der Waals surface area (Å²) < 4.78 is 5.46. The van der Waals surface area contributed by atoms with E-state index < -0.39 is 0 Å². The molecule has 90 valence electrons. The van der Waals surface area contributed by atoms with Gasteiger partial charge in [0.15, 0.2) is 0 Å². The van der Waals surface area contributed by atoms with Crippen LogP contribution in [0.5, 0.6) is 5.88 Å². The maximum Gasteiger partial charge on any atom is 0.218 e. The van der Waals surface area contributed by atoms with Gasteiger partial charge in [0.25, 0.3) is 0 Å². The van der Waals surface area contributed by atoms with Gasteiger partial charge in [0.05, 0.1) is 6.10 Å². The average Bonchev–Trinajstić information content (AvgIpc) is 2.13. The van der Waals surface area contributed by atoms with E-state index in [2.05, 4.69) is 15.3 Å². The van der Waals surface area contributed by atoms with Crippen LogP contribution in [0.3, 0.4) is 0 Å². The van der Waals surface area contributed by atoms with Gasteiger partial charge >= 0.3 is 0 Å². The molecule has 0 radical (unpaired) electrons. The molecule has 0 saturated heterocycles. The van der Waals surface area contributed by atoms with Crippen LogP contribution in [-0.2, 0) is 0 Å². The van der Waals surface area contributed by atoms with Gasteiger partial charge in [-0.2, -0.15) is 0 Å². The summed E-state index contributed by atoms with van der Waals surface area (Å²) in [5, 5.41) is 3.14. The molecule has 0 bridgehead atoms. The van der Waals surface area contributed by atoms with Crippen LogP contribution in [0, 0.1) is 0 Å². The number of hydrogen-bond acceptors (Lipinski definition) is 5. The number of nitrogens with two attached hydrogens (primary N) is 1. The molecule has 0 amide bonds. The van der Waals surface area contributed by atoms with Crippen LogP contribution >= 0.6 is 0 Å². The van der Waals surface area contributed by atoms with E-state index in [0.717, 1.165) is 5.82 Å². The number of aromatic nitrogens is 2. The zero-order valence-electron chi connectivity index (χ0n) is 10.3. The van der Waals surface area contributed by atoms with Crippen molar-refractivity contribution in [1.82, 2.24) is 9.97 Å². The number of rotatable bonds is 5. The Hall–Kier alpha value is -1.36. The van der Waals surface area contributed by atoms with Crippen molar-refractivity contribution < 1.29 is 4.74 Å². The normalized spacial score (nSPS) is 11.6. The summed E-state index contributed by atoms with van der Waals surface area (Å²) in [6.45, 7) is 8.46. The van der Waals surface area contributed by atoms with Crippen LogP contribution in [0.15, 0.2) is 12.4 Å². The van der Waals surface area contributed by atoms with E-state index in [4.69, 9.17) is 10.5 Å². The van der Waals surface area contributed by atoms with Crippen LogP contribution in [0.1, 0.15) is 27.7 Å². The molecule has 1 heterocycles. The molecule has 0 fully saturated rings. The minimum absolute atomic E-state index is 0.105. The number of anilines is 1. The Bertz CT molecular complexity index is 333. The SMILES string of the molecule is CC(C)Oc1cc(NCC(C)(C)N)ncn1. The van der Waals surface area contributed by atoms with E-state index in [1.165, 1.54) is 6.33 Å². The van der Waals surface area contributed by atoms with E-state index in [1.54, 1.807) is 6.07 Å². The lowest BCUT2D eigenvalue weighted by molar-refractivity contribution is 0.232. The first-order chi connectivity index (χ1) is 7.37. The molecule has 0 aliphatic carbocycles. The average molecular weight is 224 g/mol. The highest BCUT2D eigenvalue weighted by atomic mass is 16.5. The number of ether oxygens (including phenoxy) is 1. The summed E-state index contributed by atoms with van der Waals surface area (Å²) >= 11 is 0. The van der Waals surface area contributed by atoms with Crippen LogP contribution < -0.4 is 15.8 Å². The third-order valence-electron chi connectivity index (χ3n) is 1.72. The first-order valence-corrected chi connectivity index (χ1v) is 5.38. The first kappa shape index (κ1) is 12.7. The van der Waals surface area contributed by atoms with Crippen LogP contribution in [0.2, 0.25) is 0 Å². The standard InChI is InChI=1S/C11H20N4O/c1-8(2)16-10-5-9(14-7-15-10)13-6-11(3,4)12/h5,7-8H,6,12H2,1-4H3,(H,13,14,15). The van der Waals surface area contributed by atoms with Gasteiger partial charge < -0.3 is 15.8 Å². The molecule has 0 aromatic carbocycles. The highest BCUT2D eigenvalue weighted by Gasteiger charge is 2.10. The number of nitrogens with zero attached hydrogens (tertiary/aromatic N) is 2. The van der Waals surface area contributed by atoms with Gasteiger partial charge in [-0.15, -0.1) is 0 Å².